The number of ether oxygens (including phenoxy) is 1. The average molecular weight is 358 g/mol. The van der Waals surface area contributed by atoms with Crippen LogP contribution in [0.15, 0.2) is 47.0 Å². The molecule has 0 aliphatic heterocycles. The number of hydrogen-bond acceptors (Lipinski definition) is 5. The minimum Gasteiger partial charge on any atom is -0.484 e. The van der Waals surface area contributed by atoms with Crippen LogP contribution >= 0.6 is 11.6 Å². The fraction of sp³-hybridized carbons (Fsp3) is 0.167. The Morgan fingerprint density at radius 1 is 1.20 bits per heavy atom. The molecule has 0 atom stereocenters. The molecule has 0 bridgehead atoms. The second kappa shape index (κ2) is 7.36. The van der Waals surface area contributed by atoms with Gasteiger partial charge in [0.05, 0.1) is 0 Å². The second-order valence-electron chi connectivity index (χ2n) is 5.46. The molecule has 0 aliphatic carbocycles. The van der Waals surface area contributed by atoms with Crippen molar-refractivity contribution in [3.05, 3.63) is 58.9 Å². The topological polar surface area (TPSA) is 77.2 Å². The summed E-state index contributed by atoms with van der Waals surface area (Å²) in [4.78, 5) is 16.1. The SMILES string of the molecule is Cc1nc(-c2ccc(OCC(=O)Nc3ccc(C)c(Cl)c3)cc2)no1. The van der Waals surface area contributed by atoms with E-state index in [9.17, 15) is 4.79 Å². The molecule has 7 heteroatoms. The van der Waals surface area contributed by atoms with E-state index >= 15 is 0 Å². The fourth-order valence-corrected chi connectivity index (χ4v) is 2.31. The van der Waals surface area contributed by atoms with Crippen LogP contribution in [0, 0.1) is 13.8 Å². The van der Waals surface area contributed by atoms with Gasteiger partial charge in [-0.2, -0.15) is 4.98 Å². The molecule has 0 fully saturated rings. The minimum absolute atomic E-state index is 0.105. The van der Waals surface area contributed by atoms with Crippen molar-refractivity contribution in [2.24, 2.45) is 0 Å². The normalized spacial score (nSPS) is 10.5. The first kappa shape index (κ1) is 17.0. The summed E-state index contributed by atoms with van der Waals surface area (Å²) in [5, 5.41) is 7.19. The number of aryl methyl sites for hydroxylation is 2. The van der Waals surface area contributed by atoms with Crippen molar-refractivity contribution in [3.8, 4) is 17.1 Å². The highest BCUT2D eigenvalue weighted by atomic mass is 35.5. The molecule has 0 spiro atoms. The molecule has 1 aromatic heterocycles. The van der Waals surface area contributed by atoms with Gasteiger partial charge in [0, 0.05) is 23.2 Å². The fourth-order valence-electron chi connectivity index (χ4n) is 2.13. The Morgan fingerprint density at radius 3 is 2.60 bits per heavy atom. The number of hydrogen-bond donors (Lipinski definition) is 1. The van der Waals surface area contributed by atoms with Crippen molar-refractivity contribution in [1.29, 1.82) is 0 Å². The highest BCUT2D eigenvalue weighted by Gasteiger charge is 2.08. The van der Waals surface area contributed by atoms with Gasteiger partial charge in [0.25, 0.3) is 5.91 Å². The van der Waals surface area contributed by atoms with Crippen LogP contribution in [0.5, 0.6) is 5.75 Å². The lowest BCUT2D eigenvalue weighted by atomic mass is 10.2. The quantitative estimate of drug-likeness (QED) is 0.746. The van der Waals surface area contributed by atoms with E-state index in [4.69, 9.17) is 20.9 Å². The van der Waals surface area contributed by atoms with Crippen LogP contribution in [-0.2, 0) is 4.79 Å². The minimum atomic E-state index is -0.266. The summed E-state index contributed by atoms with van der Waals surface area (Å²) >= 11 is 6.04. The van der Waals surface area contributed by atoms with Crippen LogP contribution in [0.3, 0.4) is 0 Å². The first-order valence-corrected chi connectivity index (χ1v) is 7.98. The highest BCUT2D eigenvalue weighted by molar-refractivity contribution is 6.31. The van der Waals surface area contributed by atoms with E-state index < -0.39 is 0 Å². The van der Waals surface area contributed by atoms with Gasteiger partial charge in [-0.1, -0.05) is 22.8 Å². The zero-order valence-electron chi connectivity index (χ0n) is 13.7. The molecule has 25 heavy (non-hydrogen) atoms. The van der Waals surface area contributed by atoms with Crippen LogP contribution in [-0.4, -0.2) is 22.7 Å². The molecule has 6 nitrogen and oxygen atoms in total. The van der Waals surface area contributed by atoms with Gasteiger partial charge in [0.15, 0.2) is 6.61 Å². The Hall–Kier alpha value is -2.86. The monoisotopic (exact) mass is 357 g/mol. The number of halogens is 1. The number of carbonyl (C=O) groups is 1. The third kappa shape index (κ3) is 4.36. The van der Waals surface area contributed by atoms with Crippen LogP contribution in [0.2, 0.25) is 5.02 Å². The van der Waals surface area contributed by atoms with Crippen molar-refractivity contribution >= 4 is 23.2 Å². The van der Waals surface area contributed by atoms with Crippen LogP contribution in [0.1, 0.15) is 11.5 Å². The van der Waals surface area contributed by atoms with E-state index in [2.05, 4.69) is 15.5 Å². The number of aromatic nitrogens is 2. The maximum Gasteiger partial charge on any atom is 0.262 e. The molecular weight excluding hydrogens is 342 g/mol. The standard InChI is InChI=1S/C18H16ClN3O3/c1-11-3-6-14(9-16(11)19)21-17(23)10-24-15-7-4-13(5-8-15)18-20-12(2)25-22-18/h3-9H,10H2,1-2H3,(H,21,23). The maximum absolute atomic E-state index is 12.0. The summed E-state index contributed by atoms with van der Waals surface area (Å²) in [5.74, 6) is 1.32. The maximum atomic E-state index is 12.0. The predicted molar refractivity (Wildman–Crippen MR) is 94.8 cm³/mol. The van der Waals surface area contributed by atoms with Crippen molar-refractivity contribution in [3.63, 3.8) is 0 Å². The Kier molecular flexibility index (Phi) is 5.00. The van der Waals surface area contributed by atoms with Gasteiger partial charge in [0.1, 0.15) is 5.75 Å². The van der Waals surface area contributed by atoms with Crippen molar-refractivity contribution in [2.75, 3.05) is 11.9 Å². The Morgan fingerprint density at radius 2 is 1.96 bits per heavy atom. The summed E-state index contributed by atoms with van der Waals surface area (Å²) in [6.45, 7) is 3.52. The number of carbonyl (C=O) groups excluding carboxylic acids is 1. The number of amides is 1. The lowest BCUT2D eigenvalue weighted by molar-refractivity contribution is -0.118. The number of nitrogens with zero attached hydrogens (tertiary/aromatic N) is 2. The predicted octanol–water partition coefficient (Wildman–Crippen LogP) is 4.02. The molecular formula is C18H16ClN3O3. The third-order valence-corrected chi connectivity index (χ3v) is 3.87. The molecule has 1 heterocycles. The van der Waals surface area contributed by atoms with Gasteiger partial charge in [0.2, 0.25) is 11.7 Å². The van der Waals surface area contributed by atoms with E-state index in [0.717, 1.165) is 11.1 Å². The zero-order valence-corrected chi connectivity index (χ0v) is 14.5. The van der Waals surface area contributed by atoms with Crippen LogP contribution < -0.4 is 10.1 Å². The largest absolute Gasteiger partial charge is 0.484 e. The molecule has 0 saturated carbocycles. The third-order valence-electron chi connectivity index (χ3n) is 3.47. The second-order valence-corrected chi connectivity index (χ2v) is 5.87. The molecule has 128 valence electrons. The first-order chi connectivity index (χ1) is 12.0. The lowest BCUT2D eigenvalue weighted by Gasteiger charge is -2.08. The molecule has 1 amide bonds. The highest BCUT2D eigenvalue weighted by Crippen LogP contribution is 2.21. The van der Waals surface area contributed by atoms with E-state index in [1.54, 1.807) is 43.3 Å². The van der Waals surface area contributed by atoms with E-state index in [0.29, 0.717) is 28.2 Å². The number of rotatable bonds is 5. The summed E-state index contributed by atoms with van der Waals surface area (Å²) in [6, 6.07) is 12.4. The number of benzene rings is 2. The Labute approximate surface area is 149 Å². The molecule has 2 aromatic carbocycles. The Bertz CT molecular complexity index is 891. The van der Waals surface area contributed by atoms with Crippen LogP contribution in [0.4, 0.5) is 5.69 Å². The lowest BCUT2D eigenvalue weighted by Crippen LogP contribution is -2.20. The summed E-state index contributed by atoms with van der Waals surface area (Å²) in [7, 11) is 0. The van der Waals surface area contributed by atoms with E-state index in [-0.39, 0.29) is 12.5 Å². The molecule has 0 radical (unpaired) electrons. The van der Waals surface area contributed by atoms with Crippen molar-refractivity contribution < 1.29 is 14.1 Å². The van der Waals surface area contributed by atoms with Crippen LogP contribution in [0.25, 0.3) is 11.4 Å². The molecule has 3 rings (SSSR count). The van der Waals surface area contributed by atoms with Gasteiger partial charge < -0.3 is 14.6 Å². The first-order valence-electron chi connectivity index (χ1n) is 7.61. The molecule has 1 N–H and O–H groups in total. The van der Waals surface area contributed by atoms with Crippen molar-refractivity contribution in [1.82, 2.24) is 10.1 Å². The molecule has 3 aromatic rings. The summed E-state index contributed by atoms with van der Waals surface area (Å²) in [5.41, 5.74) is 2.39. The smallest absolute Gasteiger partial charge is 0.262 e. The average Bonchev–Trinajstić information content (AvgIpc) is 3.03. The molecule has 0 unspecified atom stereocenters. The Balaban J connectivity index is 1.55. The molecule has 0 aliphatic rings. The zero-order chi connectivity index (χ0) is 17.8. The van der Waals surface area contributed by atoms with E-state index in [1.807, 2.05) is 13.0 Å². The summed E-state index contributed by atoms with van der Waals surface area (Å²) < 4.78 is 10.4. The summed E-state index contributed by atoms with van der Waals surface area (Å²) in [6.07, 6.45) is 0. The number of anilines is 1. The van der Waals surface area contributed by atoms with Crippen molar-refractivity contribution in [2.45, 2.75) is 13.8 Å². The number of nitrogens with one attached hydrogen (secondary N) is 1. The van der Waals surface area contributed by atoms with Gasteiger partial charge in [-0.05, 0) is 48.9 Å². The van der Waals surface area contributed by atoms with Gasteiger partial charge in [-0.3, -0.25) is 4.79 Å². The van der Waals surface area contributed by atoms with Gasteiger partial charge in [-0.25, -0.2) is 0 Å². The van der Waals surface area contributed by atoms with E-state index in [1.165, 1.54) is 0 Å². The van der Waals surface area contributed by atoms with Gasteiger partial charge >= 0.3 is 0 Å². The molecule has 0 saturated heterocycles. The van der Waals surface area contributed by atoms with Gasteiger partial charge in [-0.15, -0.1) is 0 Å².